The van der Waals surface area contributed by atoms with Crippen LogP contribution in [0.3, 0.4) is 0 Å². The maximum absolute atomic E-state index is 12.4. The topological polar surface area (TPSA) is 19.4 Å². The average molecular weight is 287 g/mol. The molecule has 0 aliphatic carbocycles. The maximum atomic E-state index is 12.4. The van der Waals surface area contributed by atoms with E-state index in [1.165, 1.54) is 0 Å². The Morgan fingerprint density at radius 3 is 2.45 bits per heavy atom. The van der Waals surface area contributed by atoms with Crippen molar-refractivity contribution in [2.75, 3.05) is 31.1 Å². The molecule has 1 aliphatic heterocycles. The number of aromatic nitrogens is 1. The van der Waals surface area contributed by atoms with Crippen LogP contribution in [0.5, 0.6) is 0 Å². The Kier molecular flexibility index (Phi) is 4.52. The van der Waals surface area contributed by atoms with E-state index in [2.05, 4.69) is 9.88 Å². The highest BCUT2D eigenvalue weighted by atomic mass is 19.4. The zero-order chi connectivity index (χ0) is 14.8. The molecule has 1 atom stereocenters. The lowest BCUT2D eigenvalue weighted by molar-refractivity contribution is -0.146. The molecular weight excluding hydrogens is 267 g/mol. The monoisotopic (exact) mass is 287 g/mol. The van der Waals surface area contributed by atoms with Gasteiger partial charge < -0.3 is 4.90 Å². The van der Waals surface area contributed by atoms with E-state index >= 15 is 0 Å². The molecule has 1 fully saturated rings. The van der Waals surface area contributed by atoms with E-state index in [0.29, 0.717) is 13.1 Å². The zero-order valence-corrected chi connectivity index (χ0v) is 11.8. The standard InChI is InChI=1S/C14H20F3N3/c1-11-10-18-4-3-13(11)20-7-5-19(6-8-20)12(2)9-14(15,16)17/h3-4,10,12H,5-9H2,1-2H3/t12-/m0/s1. The predicted octanol–water partition coefficient (Wildman–Crippen LogP) is 2.85. The number of rotatable bonds is 3. The smallest absolute Gasteiger partial charge is 0.369 e. The summed E-state index contributed by atoms with van der Waals surface area (Å²) in [4.78, 5) is 8.19. The quantitative estimate of drug-likeness (QED) is 0.852. The number of anilines is 1. The van der Waals surface area contributed by atoms with Crippen molar-refractivity contribution in [1.29, 1.82) is 0 Å². The number of hydrogen-bond donors (Lipinski definition) is 0. The Labute approximate surface area is 117 Å². The third-order valence-corrected chi connectivity index (χ3v) is 3.80. The summed E-state index contributed by atoms with van der Waals surface area (Å²) >= 11 is 0. The first-order valence-electron chi connectivity index (χ1n) is 6.83. The van der Waals surface area contributed by atoms with Gasteiger partial charge in [-0.1, -0.05) is 0 Å². The number of aryl methyl sites for hydroxylation is 1. The van der Waals surface area contributed by atoms with E-state index in [1.54, 1.807) is 13.1 Å². The Morgan fingerprint density at radius 1 is 1.25 bits per heavy atom. The number of pyridine rings is 1. The summed E-state index contributed by atoms with van der Waals surface area (Å²) in [6.45, 7) is 6.50. The molecular formula is C14H20F3N3. The van der Waals surface area contributed by atoms with Crippen molar-refractivity contribution in [1.82, 2.24) is 9.88 Å². The molecule has 1 saturated heterocycles. The Bertz CT molecular complexity index is 440. The van der Waals surface area contributed by atoms with Crippen LogP contribution < -0.4 is 4.90 Å². The van der Waals surface area contributed by atoms with Crippen molar-refractivity contribution in [3.05, 3.63) is 24.0 Å². The van der Waals surface area contributed by atoms with Gasteiger partial charge in [-0.15, -0.1) is 0 Å². The minimum Gasteiger partial charge on any atom is -0.369 e. The van der Waals surface area contributed by atoms with Crippen molar-refractivity contribution in [2.45, 2.75) is 32.5 Å². The lowest BCUT2D eigenvalue weighted by Gasteiger charge is -2.39. The number of nitrogens with zero attached hydrogens (tertiary/aromatic N) is 3. The molecule has 6 heteroatoms. The van der Waals surface area contributed by atoms with Crippen LogP contribution in [-0.4, -0.2) is 48.3 Å². The molecule has 3 nitrogen and oxygen atoms in total. The van der Waals surface area contributed by atoms with Crippen LogP contribution >= 0.6 is 0 Å². The van der Waals surface area contributed by atoms with E-state index < -0.39 is 18.6 Å². The summed E-state index contributed by atoms with van der Waals surface area (Å²) in [6, 6.07) is 1.51. The van der Waals surface area contributed by atoms with Gasteiger partial charge in [0, 0.05) is 50.3 Å². The van der Waals surface area contributed by atoms with E-state index in [0.717, 1.165) is 24.3 Å². The molecule has 112 valence electrons. The second-order valence-electron chi connectivity index (χ2n) is 5.35. The third-order valence-electron chi connectivity index (χ3n) is 3.80. The van der Waals surface area contributed by atoms with E-state index in [9.17, 15) is 13.2 Å². The molecule has 2 rings (SSSR count). The summed E-state index contributed by atoms with van der Waals surface area (Å²) in [5, 5.41) is 0. The largest absolute Gasteiger partial charge is 0.390 e. The molecule has 0 aromatic carbocycles. The minimum atomic E-state index is -4.09. The molecule has 0 saturated carbocycles. The van der Waals surface area contributed by atoms with Crippen LogP contribution in [0.2, 0.25) is 0 Å². The molecule has 0 radical (unpaired) electrons. The molecule has 1 aliphatic rings. The lowest BCUT2D eigenvalue weighted by atomic mass is 10.1. The van der Waals surface area contributed by atoms with Crippen molar-refractivity contribution < 1.29 is 13.2 Å². The maximum Gasteiger partial charge on any atom is 0.390 e. The van der Waals surface area contributed by atoms with Gasteiger partial charge in [0.05, 0.1) is 6.42 Å². The van der Waals surface area contributed by atoms with Gasteiger partial charge in [0.25, 0.3) is 0 Å². The molecule has 0 bridgehead atoms. The van der Waals surface area contributed by atoms with Crippen molar-refractivity contribution in [3.8, 4) is 0 Å². The molecule has 0 unspecified atom stereocenters. The number of hydrogen-bond acceptors (Lipinski definition) is 3. The third kappa shape index (κ3) is 3.85. The summed E-state index contributed by atoms with van der Waals surface area (Å²) < 4.78 is 37.2. The fraction of sp³-hybridized carbons (Fsp3) is 0.643. The first-order valence-corrected chi connectivity index (χ1v) is 6.83. The predicted molar refractivity (Wildman–Crippen MR) is 72.9 cm³/mol. The van der Waals surface area contributed by atoms with E-state index in [1.807, 2.05) is 24.1 Å². The molecule has 0 amide bonds. The fourth-order valence-electron chi connectivity index (χ4n) is 2.69. The van der Waals surface area contributed by atoms with Gasteiger partial charge in [-0.2, -0.15) is 13.2 Å². The van der Waals surface area contributed by atoms with Crippen molar-refractivity contribution in [2.24, 2.45) is 0 Å². The first-order chi connectivity index (χ1) is 9.37. The van der Waals surface area contributed by atoms with E-state index in [-0.39, 0.29) is 0 Å². The van der Waals surface area contributed by atoms with Crippen LogP contribution in [0.25, 0.3) is 0 Å². The van der Waals surface area contributed by atoms with Gasteiger partial charge in [0.2, 0.25) is 0 Å². The Hall–Kier alpha value is -1.30. The molecule has 1 aromatic heterocycles. The zero-order valence-electron chi connectivity index (χ0n) is 11.8. The van der Waals surface area contributed by atoms with Gasteiger partial charge in [-0.25, -0.2) is 0 Å². The van der Waals surface area contributed by atoms with E-state index in [4.69, 9.17) is 0 Å². The normalized spacial score (nSPS) is 19.1. The van der Waals surface area contributed by atoms with Crippen LogP contribution in [0.15, 0.2) is 18.5 Å². The van der Waals surface area contributed by atoms with Gasteiger partial charge in [0.15, 0.2) is 0 Å². The number of halogens is 3. The fourth-order valence-corrected chi connectivity index (χ4v) is 2.69. The summed E-state index contributed by atoms with van der Waals surface area (Å²) in [7, 11) is 0. The molecule has 1 aromatic rings. The molecule has 0 spiro atoms. The Morgan fingerprint density at radius 2 is 1.90 bits per heavy atom. The number of piperazine rings is 1. The van der Waals surface area contributed by atoms with Crippen LogP contribution in [-0.2, 0) is 0 Å². The number of alkyl halides is 3. The SMILES string of the molecule is Cc1cnccc1N1CCN([C@@H](C)CC(F)(F)F)CC1. The molecule has 20 heavy (non-hydrogen) atoms. The Balaban J connectivity index is 1.91. The van der Waals surface area contributed by atoms with Crippen molar-refractivity contribution >= 4 is 5.69 Å². The highest BCUT2D eigenvalue weighted by Gasteiger charge is 2.33. The second-order valence-corrected chi connectivity index (χ2v) is 5.35. The van der Waals surface area contributed by atoms with Gasteiger partial charge in [-0.05, 0) is 25.5 Å². The van der Waals surface area contributed by atoms with Gasteiger partial charge in [-0.3, -0.25) is 9.88 Å². The second kappa shape index (κ2) is 5.99. The van der Waals surface area contributed by atoms with Crippen LogP contribution in [0.4, 0.5) is 18.9 Å². The summed E-state index contributed by atoms with van der Waals surface area (Å²) in [5.74, 6) is 0. The van der Waals surface area contributed by atoms with Gasteiger partial charge in [0.1, 0.15) is 0 Å². The first kappa shape index (κ1) is 15.1. The highest BCUT2D eigenvalue weighted by Crippen LogP contribution is 2.25. The minimum absolute atomic E-state index is 0.448. The van der Waals surface area contributed by atoms with Crippen LogP contribution in [0.1, 0.15) is 18.9 Å². The average Bonchev–Trinajstić information content (AvgIpc) is 2.37. The molecule has 0 N–H and O–H groups in total. The van der Waals surface area contributed by atoms with Gasteiger partial charge >= 0.3 is 6.18 Å². The molecule has 2 heterocycles. The summed E-state index contributed by atoms with van der Waals surface area (Å²) in [5.41, 5.74) is 2.23. The highest BCUT2D eigenvalue weighted by molar-refractivity contribution is 5.51. The van der Waals surface area contributed by atoms with Crippen molar-refractivity contribution in [3.63, 3.8) is 0 Å². The lowest BCUT2D eigenvalue weighted by Crippen LogP contribution is -2.50. The summed E-state index contributed by atoms with van der Waals surface area (Å²) in [6.07, 6.45) is -1.26. The van der Waals surface area contributed by atoms with Crippen LogP contribution in [0, 0.1) is 6.92 Å².